The molecule has 0 fully saturated rings. The summed E-state index contributed by atoms with van der Waals surface area (Å²) in [4.78, 5) is 72.9. The van der Waals surface area contributed by atoms with Crippen molar-refractivity contribution in [2.45, 2.75) is 354 Å². The third kappa shape index (κ3) is 70.7. The van der Waals surface area contributed by atoms with E-state index in [2.05, 4.69) is 113 Å². The smallest absolute Gasteiger partial charge is 0.462 e. The maximum atomic E-state index is 13.1. The number of aliphatic hydroxyl groups excluding tert-OH is 1. The third-order valence-electron chi connectivity index (χ3n) is 16.3. The minimum Gasteiger partial charge on any atom is -0.462 e. The molecule has 5 atom stereocenters. The zero-order valence-electron chi connectivity index (χ0n) is 62.0. The zero-order valence-corrected chi connectivity index (χ0v) is 63.7. The molecule has 0 heterocycles. The summed E-state index contributed by atoms with van der Waals surface area (Å²) in [5.74, 6) is -2.22. The van der Waals surface area contributed by atoms with Gasteiger partial charge < -0.3 is 33.8 Å². The van der Waals surface area contributed by atoms with Gasteiger partial charge in [-0.15, -0.1) is 0 Å². The molecule has 3 N–H and O–H groups in total. The Labute approximate surface area is 595 Å². The van der Waals surface area contributed by atoms with Crippen LogP contribution in [-0.4, -0.2) is 96.7 Å². The highest BCUT2D eigenvalue weighted by molar-refractivity contribution is 7.47. The first-order chi connectivity index (χ1) is 47.7. The maximum absolute atomic E-state index is 13.1. The third-order valence-corrected chi connectivity index (χ3v) is 18.2. The summed E-state index contributed by atoms with van der Waals surface area (Å²) in [5, 5.41) is 10.6. The van der Waals surface area contributed by atoms with Gasteiger partial charge in [-0.3, -0.25) is 37.3 Å². The molecule has 98 heavy (non-hydrogen) atoms. The molecule has 0 rings (SSSR count). The Morgan fingerprint density at radius 2 is 0.531 bits per heavy atom. The van der Waals surface area contributed by atoms with Crippen LogP contribution in [0.25, 0.3) is 0 Å². The van der Waals surface area contributed by atoms with Crippen molar-refractivity contribution in [3.8, 4) is 0 Å². The van der Waals surface area contributed by atoms with E-state index in [0.717, 1.165) is 167 Å². The van der Waals surface area contributed by atoms with E-state index in [9.17, 15) is 43.2 Å². The number of carbonyl (C=O) groups is 4. The van der Waals surface area contributed by atoms with Crippen LogP contribution in [-0.2, 0) is 65.4 Å². The molecule has 0 aromatic carbocycles. The van der Waals surface area contributed by atoms with Crippen LogP contribution in [0, 0.1) is 0 Å². The van der Waals surface area contributed by atoms with E-state index in [1.54, 1.807) is 0 Å². The van der Waals surface area contributed by atoms with Crippen LogP contribution in [0.2, 0.25) is 0 Å². The first-order valence-electron chi connectivity index (χ1n) is 38.8. The summed E-state index contributed by atoms with van der Waals surface area (Å²) in [7, 11) is -9.96. The quantitative estimate of drug-likeness (QED) is 0.0128. The van der Waals surface area contributed by atoms with Crippen LogP contribution in [0.15, 0.2) is 85.1 Å². The number of phosphoric acid groups is 2. The van der Waals surface area contributed by atoms with Crippen LogP contribution in [0.5, 0.6) is 0 Å². The molecule has 19 heteroatoms. The number of hydrogen-bond acceptors (Lipinski definition) is 15. The molecule has 17 nitrogen and oxygen atoms in total. The number of esters is 4. The van der Waals surface area contributed by atoms with Crippen LogP contribution < -0.4 is 0 Å². The predicted molar refractivity (Wildman–Crippen MR) is 399 cm³/mol. The van der Waals surface area contributed by atoms with Crippen molar-refractivity contribution >= 4 is 39.5 Å². The highest BCUT2D eigenvalue weighted by Crippen LogP contribution is 2.45. The van der Waals surface area contributed by atoms with E-state index in [-0.39, 0.29) is 25.7 Å². The van der Waals surface area contributed by atoms with Crippen LogP contribution >= 0.6 is 15.6 Å². The number of hydrogen-bond donors (Lipinski definition) is 3. The first-order valence-corrected chi connectivity index (χ1v) is 41.8. The lowest BCUT2D eigenvalue weighted by Gasteiger charge is -2.21. The summed E-state index contributed by atoms with van der Waals surface area (Å²) in [6.45, 7) is 4.76. The van der Waals surface area contributed by atoms with E-state index in [1.165, 1.54) is 89.9 Å². The second-order valence-electron chi connectivity index (χ2n) is 26.0. The molecule has 0 saturated heterocycles. The van der Waals surface area contributed by atoms with Crippen LogP contribution in [0.3, 0.4) is 0 Å². The second-order valence-corrected chi connectivity index (χ2v) is 28.9. The molecule has 2 unspecified atom stereocenters. The van der Waals surface area contributed by atoms with Crippen molar-refractivity contribution < 1.29 is 80.2 Å². The Hall–Kier alpha value is -3.76. The van der Waals surface area contributed by atoms with E-state index in [1.807, 2.05) is 0 Å². The number of allylic oxidation sites excluding steroid dienone is 14. The minimum absolute atomic E-state index is 0.0764. The van der Waals surface area contributed by atoms with Crippen molar-refractivity contribution in [1.29, 1.82) is 0 Å². The standard InChI is InChI=1S/C79H140O17P2/c1-5-9-13-17-21-25-29-33-36-40-43-47-51-55-59-63-76(81)89-69-74(95-78(83)65-61-57-53-49-45-39-32-28-24-20-16-12-8-4)71-93-97(85,86)91-67-73(80)68-92-98(87,88)94-72-75(96-79(84)66-62-58-54-50-46-42-38-35-31-27-23-19-15-11-7-3)70-90-77(82)64-60-56-52-48-44-41-37-34-30-26-22-18-14-10-6-2/h21,23,25-28,30,32-38,73-75,80H,5-20,22,24,29,31,39-72H2,1-4H3,(H,85,86)(H,87,88)/b25-21-,27-23-,30-26-,32-28-,36-33-,37-34-,38-35-/t73-,74+,75+/m0/s1. The molecule has 0 aliphatic rings. The van der Waals surface area contributed by atoms with Crippen molar-refractivity contribution in [2.75, 3.05) is 39.6 Å². The Kier molecular flexibility index (Phi) is 68.9. The van der Waals surface area contributed by atoms with E-state index >= 15 is 0 Å². The molecule has 0 spiro atoms. The van der Waals surface area contributed by atoms with E-state index in [4.69, 9.17) is 37.0 Å². The fourth-order valence-corrected chi connectivity index (χ4v) is 11.9. The average Bonchev–Trinajstić information content (AvgIpc) is 0.959. The zero-order chi connectivity index (χ0) is 71.8. The van der Waals surface area contributed by atoms with Crippen molar-refractivity contribution in [1.82, 2.24) is 0 Å². The largest absolute Gasteiger partial charge is 0.472 e. The monoisotopic (exact) mass is 1420 g/mol. The molecular weight excluding hydrogens is 1280 g/mol. The molecule has 0 aliphatic heterocycles. The number of aliphatic hydroxyl groups is 1. The fourth-order valence-electron chi connectivity index (χ4n) is 10.3. The fraction of sp³-hybridized carbons (Fsp3) is 0.772. The summed E-state index contributed by atoms with van der Waals surface area (Å²) in [5.41, 5.74) is 0. The van der Waals surface area contributed by atoms with E-state index < -0.39 is 97.5 Å². The Bertz CT molecular complexity index is 2190. The normalized spacial score (nSPS) is 14.4. The Morgan fingerprint density at radius 3 is 0.847 bits per heavy atom. The molecule has 0 amide bonds. The first kappa shape index (κ1) is 94.2. The lowest BCUT2D eigenvalue weighted by Crippen LogP contribution is -2.30. The number of phosphoric ester groups is 2. The Balaban J connectivity index is 5.37. The topological polar surface area (TPSA) is 237 Å². The van der Waals surface area contributed by atoms with Gasteiger partial charge >= 0.3 is 39.5 Å². The van der Waals surface area contributed by atoms with Gasteiger partial charge in [-0.2, -0.15) is 0 Å². The van der Waals surface area contributed by atoms with Crippen molar-refractivity contribution in [2.24, 2.45) is 0 Å². The second kappa shape index (κ2) is 71.6. The predicted octanol–water partition coefficient (Wildman–Crippen LogP) is 22.2. The molecule has 0 aliphatic carbocycles. The van der Waals surface area contributed by atoms with Gasteiger partial charge in [0.25, 0.3) is 0 Å². The number of rotatable bonds is 73. The molecule has 0 aromatic rings. The summed E-state index contributed by atoms with van der Waals surface area (Å²) < 4.78 is 68.5. The van der Waals surface area contributed by atoms with Gasteiger partial charge in [0, 0.05) is 25.7 Å². The van der Waals surface area contributed by atoms with Gasteiger partial charge in [-0.1, -0.05) is 254 Å². The Morgan fingerprint density at radius 1 is 0.296 bits per heavy atom. The number of unbranched alkanes of at least 4 members (excludes halogenated alkanes) is 34. The molecule has 568 valence electrons. The van der Waals surface area contributed by atoms with Crippen molar-refractivity contribution in [3.05, 3.63) is 85.1 Å². The molecular formula is C79H140O17P2. The molecule has 0 saturated carbocycles. The lowest BCUT2D eigenvalue weighted by molar-refractivity contribution is -0.161. The molecule has 0 aromatic heterocycles. The number of ether oxygens (including phenoxy) is 4. The van der Waals surface area contributed by atoms with Crippen LogP contribution in [0.4, 0.5) is 0 Å². The summed E-state index contributed by atoms with van der Waals surface area (Å²) >= 11 is 0. The molecule has 0 bridgehead atoms. The lowest BCUT2D eigenvalue weighted by atomic mass is 10.1. The highest BCUT2D eigenvalue weighted by Gasteiger charge is 2.30. The van der Waals surface area contributed by atoms with Crippen molar-refractivity contribution in [3.63, 3.8) is 0 Å². The van der Waals surface area contributed by atoms with Gasteiger partial charge in [0.2, 0.25) is 0 Å². The van der Waals surface area contributed by atoms with Gasteiger partial charge in [-0.25, -0.2) is 9.13 Å². The minimum atomic E-state index is -4.98. The van der Waals surface area contributed by atoms with Gasteiger partial charge in [0.05, 0.1) is 26.4 Å². The van der Waals surface area contributed by atoms with Crippen LogP contribution in [0.1, 0.15) is 336 Å². The van der Waals surface area contributed by atoms with Gasteiger partial charge in [0.15, 0.2) is 12.2 Å². The molecule has 0 radical (unpaired) electrons. The highest BCUT2D eigenvalue weighted by atomic mass is 31.2. The van der Waals surface area contributed by atoms with Gasteiger partial charge in [0.1, 0.15) is 19.3 Å². The summed E-state index contributed by atoms with van der Waals surface area (Å²) in [6.07, 6.45) is 72.7. The summed E-state index contributed by atoms with van der Waals surface area (Å²) in [6, 6.07) is 0. The van der Waals surface area contributed by atoms with Gasteiger partial charge in [-0.05, 0) is 141 Å². The SMILES string of the molecule is CCCCC/C=C\C/C=C\CCCCCCCC(=O)OC[C@H](COP(=O)(O)OC[C@H](O)COP(=O)(O)OC[C@@H](COC(=O)CCCCCCC/C=C\C=C/CCCCCC)OC(=O)CCCCCCC/C=C\C/C=C\CCCCC)OC(=O)CCCCCCC/C=C\CCCCCC. The van der Waals surface area contributed by atoms with E-state index in [0.29, 0.717) is 25.7 Å². The number of carbonyl (C=O) groups excluding carboxylic acids is 4. The average molecular weight is 1420 g/mol. The maximum Gasteiger partial charge on any atom is 0.472 e.